The Labute approximate surface area is 138 Å². The average molecular weight is 333 g/mol. The number of alkyl halides is 3. The van der Waals surface area contributed by atoms with E-state index in [0.717, 1.165) is 11.3 Å². The summed E-state index contributed by atoms with van der Waals surface area (Å²) in [5.41, 5.74) is 4.37. The van der Waals surface area contributed by atoms with Crippen molar-refractivity contribution in [2.24, 2.45) is 16.6 Å². The van der Waals surface area contributed by atoms with Gasteiger partial charge in [-0.25, -0.2) is 4.99 Å². The molecule has 0 aliphatic carbocycles. The zero-order valence-corrected chi connectivity index (χ0v) is 15.0. The van der Waals surface area contributed by atoms with E-state index in [9.17, 15) is 13.2 Å². The van der Waals surface area contributed by atoms with Gasteiger partial charge in [-0.15, -0.1) is 0 Å². The lowest BCUT2D eigenvalue weighted by atomic mass is 10.1. The molecule has 6 heteroatoms. The summed E-state index contributed by atoms with van der Waals surface area (Å²) in [5.74, 6) is 0.404. The molecule has 0 fully saturated rings. The molecule has 23 heavy (non-hydrogen) atoms. The highest BCUT2D eigenvalue weighted by Crippen LogP contribution is 2.30. The molecule has 0 aromatic carbocycles. The first kappa shape index (κ1) is 23.5. The third-order valence-corrected chi connectivity index (χ3v) is 3.08. The molecule has 1 atom stereocenters. The lowest BCUT2D eigenvalue weighted by Crippen LogP contribution is -2.35. The fourth-order valence-electron chi connectivity index (χ4n) is 1.55. The highest BCUT2D eigenvalue weighted by molar-refractivity contribution is 5.94. The maximum atomic E-state index is 13.1. The maximum Gasteiger partial charge on any atom is 0.433 e. The highest BCUT2D eigenvalue weighted by Gasteiger charge is 2.39. The molecule has 0 aromatic rings. The lowest BCUT2D eigenvalue weighted by molar-refractivity contribution is -0.105. The largest absolute Gasteiger partial charge is 0.433 e. The van der Waals surface area contributed by atoms with Crippen LogP contribution in [-0.4, -0.2) is 24.0 Å². The molecular weight excluding hydrogens is 303 g/mol. The smallest absolute Gasteiger partial charge is 0.400 e. The molecular formula is C17H30F3N3. The van der Waals surface area contributed by atoms with Crippen molar-refractivity contribution in [2.45, 2.75) is 53.6 Å². The molecule has 2 N–H and O–H groups in total. The average Bonchev–Trinajstić information content (AvgIpc) is 2.51. The Hall–Kier alpha value is -1.72. The molecule has 0 radical (unpaired) electrons. The molecule has 0 spiro atoms. The molecule has 1 unspecified atom stereocenters. The van der Waals surface area contributed by atoms with E-state index in [1.807, 2.05) is 33.8 Å². The molecule has 0 rings (SSSR count). The molecule has 0 heterocycles. The summed E-state index contributed by atoms with van der Waals surface area (Å²) in [6, 6.07) is 0. The highest BCUT2D eigenvalue weighted by atomic mass is 19.4. The molecule has 0 amide bonds. The van der Waals surface area contributed by atoms with Crippen molar-refractivity contribution in [2.75, 3.05) is 7.05 Å². The molecule has 0 aromatic heterocycles. The monoisotopic (exact) mass is 333 g/mol. The third kappa shape index (κ3) is 8.47. The van der Waals surface area contributed by atoms with E-state index in [1.54, 1.807) is 6.92 Å². The van der Waals surface area contributed by atoms with Crippen LogP contribution in [0, 0.1) is 5.92 Å². The van der Waals surface area contributed by atoms with Gasteiger partial charge in [0, 0.05) is 18.9 Å². The van der Waals surface area contributed by atoms with Crippen LogP contribution >= 0.6 is 0 Å². The molecule has 0 saturated heterocycles. The minimum Gasteiger partial charge on any atom is -0.400 e. The molecule has 134 valence electrons. The van der Waals surface area contributed by atoms with Crippen LogP contribution in [0.5, 0.6) is 0 Å². The van der Waals surface area contributed by atoms with Gasteiger partial charge < -0.3 is 10.6 Å². The van der Waals surface area contributed by atoms with Crippen molar-refractivity contribution in [3.63, 3.8) is 0 Å². The van der Waals surface area contributed by atoms with Crippen LogP contribution < -0.4 is 5.73 Å². The molecule has 0 bridgehead atoms. The first-order chi connectivity index (χ1) is 10.7. The summed E-state index contributed by atoms with van der Waals surface area (Å²) in [5, 5.41) is 0. The van der Waals surface area contributed by atoms with E-state index in [2.05, 4.69) is 11.6 Å². The van der Waals surface area contributed by atoms with E-state index in [-0.39, 0.29) is 18.0 Å². The van der Waals surface area contributed by atoms with E-state index in [1.165, 1.54) is 19.3 Å². The maximum absolute atomic E-state index is 13.1. The fourth-order valence-corrected chi connectivity index (χ4v) is 1.55. The number of nitrogens with zero attached hydrogens (tertiary/aromatic N) is 2. The summed E-state index contributed by atoms with van der Waals surface area (Å²) in [7, 11) is 1.28. The summed E-state index contributed by atoms with van der Waals surface area (Å²) >= 11 is 0. The number of allylic oxidation sites excluding steroid dienone is 3. The Balaban J connectivity index is 0. The van der Waals surface area contributed by atoms with Gasteiger partial charge in [-0.05, 0) is 18.4 Å². The Kier molecular flexibility index (Phi) is 12.1. The van der Waals surface area contributed by atoms with E-state index in [0.29, 0.717) is 5.92 Å². The zero-order valence-electron chi connectivity index (χ0n) is 15.0. The first-order valence-electron chi connectivity index (χ1n) is 7.85. The Morgan fingerprint density at radius 1 is 1.30 bits per heavy atom. The van der Waals surface area contributed by atoms with E-state index >= 15 is 0 Å². The quantitative estimate of drug-likeness (QED) is 0.534. The Bertz CT molecular complexity index is 435. The predicted octanol–water partition coefficient (Wildman–Crippen LogP) is 5.23. The second-order valence-electron chi connectivity index (χ2n) is 4.70. The number of rotatable bonds is 6. The van der Waals surface area contributed by atoms with E-state index < -0.39 is 11.9 Å². The number of halogens is 3. The third-order valence-electron chi connectivity index (χ3n) is 3.08. The second kappa shape index (κ2) is 11.8. The van der Waals surface area contributed by atoms with Crippen molar-refractivity contribution in [1.29, 1.82) is 0 Å². The van der Waals surface area contributed by atoms with Gasteiger partial charge in [0.1, 0.15) is 11.5 Å². The van der Waals surface area contributed by atoms with Gasteiger partial charge in [-0.1, -0.05) is 53.7 Å². The number of hydrogen-bond acceptors (Lipinski definition) is 2. The van der Waals surface area contributed by atoms with Crippen LogP contribution in [0.3, 0.4) is 0 Å². The first-order valence-corrected chi connectivity index (χ1v) is 7.85. The SMILES string of the molecule is C=CC(=N/C=C\C(C)CC)N(C)/C(=C(/N)CC)C(F)(F)F.CC. The number of hydrogen-bond donors (Lipinski definition) is 1. The summed E-state index contributed by atoms with van der Waals surface area (Å²) < 4.78 is 39.4. The van der Waals surface area contributed by atoms with Crippen LogP contribution in [0.4, 0.5) is 13.2 Å². The molecule has 0 aliphatic heterocycles. The van der Waals surface area contributed by atoms with Gasteiger partial charge in [0.2, 0.25) is 0 Å². The van der Waals surface area contributed by atoms with Crippen molar-refractivity contribution in [1.82, 2.24) is 4.90 Å². The minimum absolute atomic E-state index is 0.0956. The summed E-state index contributed by atoms with van der Waals surface area (Å²) in [6.45, 7) is 13.1. The van der Waals surface area contributed by atoms with Gasteiger partial charge in [0.25, 0.3) is 0 Å². The van der Waals surface area contributed by atoms with Gasteiger partial charge >= 0.3 is 6.18 Å². The number of nitrogens with two attached hydrogens (primary N) is 1. The van der Waals surface area contributed by atoms with Crippen molar-refractivity contribution in [3.05, 3.63) is 36.3 Å². The Morgan fingerprint density at radius 3 is 2.17 bits per heavy atom. The Morgan fingerprint density at radius 2 is 1.83 bits per heavy atom. The van der Waals surface area contributed by atoms with Crippen molar-refractivity contribution in [3.8, 4) is 0 Å². The summed E-state index contributed by atoms with van der Waals surface area (Å²) in [6.07, 6.45) is 1.10. The van der Waals surface area contributed by atoms with Crippen LogP contribution in [-0.2, 0) is 0 Å². The number of amidine groups is 1. The number of likely N-dealkylation sites (N-methyl/N-ethyl adjacent to an activating group) is 1. The second-order valence-corrected chi connectivity index (χ2v) is 4.70. The van der Waals surface area contributed by atoms with Crippen LogP contribution in [0.25, 0.3) is 0 Å². The summed E-state index contributed by atoms with van der Waals surface area (Å²) in [4.78, 5) is 4.96. The van der Waals surface area contributed by atoms with E-state index in [4.69, 9.17) is 5.73 Å². The van der Waals surface area contributed by atoms with Gasteiger partial charge in [0.05, 0.1) is 0 Å². The zero-order chi connectivity index (χ0) is 18.6. The van der Waals surface area contributed by atoms with Crippen LogP contribution in [0.1, 0.15) is 47.5 Å². The molecule has 0 aliphatic rings. The fraction of sp³-hybridized carbons (Fsp3) is 0.588. The minimum atomic E-state index is -4.54. The van der Waals surface area contributed by atoms with Gasteiger partial charge in [-0.3, -0.25) is 0 Å². The number of aliphatic imine (C=N–C) groups is 1. The van der Waals surface area contributed by atoms with Crippen molar-refractivity contribution < 1.29 is 13.2 Å². The lowest BCUT2D eigenvalue weighted by Gasteiger charge is -2.25. The van der Waals surface area contributed by atoms with Crippen LogP contribution in [0.2, 0.25) is 0 Å². The van der Waals surface area contributed by atoms with Gasteiger partial charge in [-0.2, -0.15) is 13.2 Å². The standard InChI is InChI=1S/C15H24F3N3.C2H6/c1-6-11(4)9-10-20-13(8-3)21(5)14(12(19)7-2)15(16,17)18;1-2/h8-11H,3,6-7,19H2,1-2,4-5H3;1-2H3/b10-9-,14-12+,20-13?;. The predicted molar refractivity (Wildman–Crippen MR) is 92.9 cm³/mol. The van der Waals surface area contributed by atoms with Crippen LogP contribution in [0.15, 0.2) is 41.3 Å². The van der Waals surface area contributed by atoms with Crippen molar-refractivity contribution >= 4 is 5.84 Å². The normalized spacial score (nSPS) is 14.7. The van der Waals surface area contributed by atoms with Gasteiger partial charge in [0.15, 0.2) is 0 Å². The molecule has 3 nitrogen and oxygen atoms in total. The molecule has 0 saturated carbocycles. The topological polar surface area (TPSA) is 41.6 Å².